The van der Waals surface area contributed by atoms with Gasteiger partial charge in [-0.3, -0.25) is 0 Å². The fourth-order valence-corrected chi connectivity index (χ4v) is 0.429. The van der Waals surface area contributed by atoms with Crippen LogP contribution in [0.25, 0.3) is 0 Å². The van der Waals surface area contributed by atoms with Crippen molar-refractivity contribution < 1.29 is 4.42 Å². The smallest absolute Gasteiger partial charge is 0.335 e. The maximum Gasteiger partial charge on any atom is 0.335 e. The van der Waals surface area contributed by atoms with Gasteiger partial charge in [0.2, 0.25) is 0 Å². The monoisotopic (exact) mass is 110 g/mol. The van der Waals surface area contributed by atoms with E-state index >= 15 is 0 Å². The normalized spacial score (nSPS) is 9.12. The number of rotatable bonds is 0. The average Bonchev–Trinajstić information content (AvgIpc) is 1.77. The van der Waals surface area contributed by atoms with Crippen molar-refractivity contribution in [1.29, 1.82) is 0 Å². The Hall–Kier alpha value is -1.05. The first-order valence-electron chi connectivity index (χ1n) is 2.34. The summed E-state index contributed by atoms with van der Waals surface area (Å²) in [5.74, 6) is 0. The summed E-state index contributed by atoms with van der Waals surface area (Å²) in [6.07, 6.45) is 1.43. The SMILES string of the molecule is Cc1ccc(=O)oc1. The molecule has 0 amide bonds. The fraction of sp³-hybridized carbons (Fsp3) is 0.167. The molecule has 0 N–H and O–H groups in total. The standard InChI is InChI=1S/C6H6O2/c1-5-2-3-6(7)8-4-5/h2-4H,1H3. The van der Waals surface area contributed by atoms with Crippen LogP contribution in [-0.4, -0.2) is 0 Å². The van der Waals surface area contributed by atoms with E-state index in [4.69, 9.17) is 0 Å². The minimum Gasteiger partial charge on any atom is -0.431 e. The first-order chi connectivity index (χ1) is 3.79. The molecular weight excluding hydrogens is 104 g/mol. The predicted octanol–water partition coefficient (Wildman–Crippen LogP) is 0.948. The van der Waals surface area contributed by atoms with Crippen LogP contribution in [0.1, 0.15) is 5.56 Å². The summed E-state index contributed by atoms with van der Waals surface area (Å²) in [6, 6.07) is 3.11. The first kappa shape index (κ1) is 5.09. The van der Waals surface area contributed by atoms with Gasteiger partial charge in [0.25, 0.3) is 0 Å². The molecule has 1 rings (SSSR count). The second-order valence-corrected chi connectivity index (χ2v) is 1.63. The maximum absolute atomic E-state index is 10.3. The van der Waals surface area contributed by atoms with Gasteiger partial charge in [0.15, 0.2) is 0 Å². The summed E-state index contributed by atoms with van der Waals surface area (Å²) < 4.78 is 4.50. The Morgan fingerprint density at radius 1 is 1.50 bits per heavy atom. The van der Waals surface area contributed by atoms with E-state index in [2.05, 4.69) is 4.42 Å². The fourth-order valence-electron chi connectivity index (χ4n) is 0.429. The zero-order chi connectivity index (χ0) is 5.98. The molecule has 1 aromatic heterocycles. The summed E-state index contributed by atoms with van der Waals surface area (Å²) in [7, 11) is 0. The topological polar surface area (TPSA) is 30.2 Å². The molecule has 8 heavy (non-hydrogen) atoms. The van der Waals surface area contributed by atoms with E-state index in [1.807, 2.05) is 6.92 Å². The number of hydrogen-bond donors (Lipinski definition) is 0. The Bertz CT molecular complexity index is 204. The van der Waals surface area contributed by atoms with Gasteiger partial charge in [-0.1, -0.05) is 0 Å². The van der Waals surface area contributed by atoms with Crippen LogP contribution in [-0.2, 0) is 0 Å². The maximum atomic E-state index is 10.3. The third kappa shape index (κ3) is 0.964. The molecular formula is C6H6O2. The van der Waals surface area contributed by atoms with Gasteiger partial charge in [0, 0.05) is 6.07 Å². The summed E-state index contributed by atoms with van der Waals surface area (Å²) in [4.78, 5) is 10.3. The van der Waals surface area contributed by atoms with E-state index in [0.717, 1.165) is 5.56 Å². The van der Waals surface area contributed by atoms with Gasteiger partial charge in [-0.15, -0.1) is 0 Å². The van der Waals surface area contributed by atoms with Crippen molar-refractivity contribution in [3.8, 4) is 0 Å². The lowest BCUT2D eigenvalue weighted by Crippen LogP contribution is -1.92. The van der Waals surface area contributed by atoms with Crippen LogP contribution in [0.3, 0.4) is 0 Å². The van der Waals surface area contributed by atoms with E-state index < -0.39 is 0 Å². The highest BCUT2D eigenvalue weighted by Gasteiger charge is 1.81. The minimum atomic E-state index is -0.296. The molecule has 0 saturated heterocycles. The van der Waals surface area contributed by atoms with E-state index in [-0.39, 0.29) is 5.63 Å². The van der Waals surface area contributed by atoms with Gasteiger partial charge in [-0.25, -0.2) is 4.79 Å². The van der Waals surface area contributed by atoms with Crippen LogP contribution in [0.2, 0.25) is 0 Å². The largest absolute Gasteiger partial charge is 0.431 e. The molecule has 2 nitrogen and oxygen atoms in total. The van der Waals surface area contributed by atoms with E-state index in [1.165, 1.54) is 12.3 Å². The molecule has 0 aliphatic carbocycles. The molecule has 42 valence electrons. The zero-order valence-electron chi connectivity index (χ0n) is 4.55. The van der Waals surface area contributed by atoms with Crippen molar-refractivity contribution in [2.75, 3.05) is 0 Å². The average molecular weight is 110 g/mol. The minimum absolute atomic E-state index is 0.296. The summed E-state index contributed by atoms with van der Waals surface area (Å²) in [5, 5.41) is 0. The molecule has 0 unspecified atom stereocenters. The third-order valence-electron chi connectivity index (χ3n) is 0.843. The first-order valence-corrected chi connectivity index (χ1v) is 2.34. The lowest BCUT2D eigenvalue weighted by atomic mass is 10.3. The van der Waals surface area contributed by atoms with Gasteiger partial charge in [0.05, 0.1) is 6.26 Å². The highest BCUT2D eigenvalue weighted by Crippen LogP contribution is 1.87. The Morgan fingerprint density at radius 2 is 2.25 bits per heavy atom. The molecule has 0 bridgehead atoms. The Balaban J connectivity index is 3.22. The van der Waals surface area contributed by atoms with Crippen LogP contribution in [0.15, 0.2) is 27.6 Å². The molecule has 0 aliphatic rings. The highest BCUT2D eigenvalue weighted by molar-refractivity contribution is 5.02. The number of aryl methyl sites for hydroxylation is 1. The van der Waals surface area contributed by atoms with E-state index in [9.17, 15) is 4.79 Å². The van der Waals surface area contributed by atoms with Gasteiger partial charge in [-0.2, -0.15) is 0 Å². The van der Waals surface area contributed by atoms with Crippen molar-refractivity contribution >= 4 is 0 Å². The van der Waals surface area contributed by atoms with Crippen molar-refractivity contribution in [2.24, 2.45) is 0 Å². The molecule has 2 heteroatoms. The Kier molecular flexibility index (Phi) is 1.16. The molecule has 0 spiro atoms. The zero-order valence-corrected chi connectivity index (χ0v) is 4.55. The van der Waals surface area contributed by atoms with Crippen LogP contribution >= 0.6 is 0 Å². The van der Waals surface area contributed by atoms with Gasteiger partial charge < -0.3 is 4.42 Å². The van der Waals surface area contributed by atoms with Crippen LogP contribution in [0.5, 0.6) is 0 Å². The van der Waals surface area contributed by atoms with Crippen molar-refractivity contribution in [3.63, 3.8) is 0 Å². The van der Waals surface area contributed by atoms with Gasteiger partial charge in [0.1, 0.15) is 0 Å². The lowest BCUT2D eigenvalue weighted by molar-refractivity contribution is 0.507. The summed E-state index contributed by atoms with van der Waals surface area (Å²) in [5.41, 5.74) is 0.667. The molecule has 0 aromatic carbocycles. The molecule has 0 aliphatic heterocycles. The predicted molar refractivity (Wildman–Crippen MR) is 29.7 cm³/mol. The highest BCUT2D eigenvalue weighted by atomic mass is 16.4. The quantitative estimate of drug-likeness (QED) is 0.497. The van der Waals surface area contributed by atoms with Crippen LogP contribution in [0.4, 0.5) is 0 Å². The molecule has 1 aromatic rings. The van der Waals surface area contributed by atoms with E-state index in [0.29, 0.717) is 0 Å². The summed E-state index contributed by atoms with van der Waals surface area (Å²) in [6.45, 7) is 1.86. The molecule has 0 saturated carbocycles. The van der Waals surface area contributed by atoms with Crippen LogP contribution < -0.4 is 5.63 Å². The second kappa shape index (κ2) is 1.82. The summed E-state index contributed by atoms with van der Waals surface area (Å²) >= 11 is 0. The van der Waals surface area contributed by atoms with Crippen molar-refractivity contribution in [2.45, 2.75) is 6.92 Å². The van der Waals surface area contributed by atoms with Crippen LogP contribution in [0, 0.1) is 6.92 Å². The Labute approximate surface area is 46.8 Å². The molecule has 1 heterocycles. The molecule has 0 atom stereocenters. The Morgan fingerprint density at radius 3 is 2.62 bits per heavy atom. The third-order valence-corrected chi connectivity index (χ3v) is 0.843. The molecule has 0 radical (unpaired) electrons. The number of hydrogen-bond acceptors (Lipinski definition) is 2. The van der Waals surface area contributed by atoms with E-state index in [1.54, 1.807) is 6.07 Å². The van der Waals surface area contributed by atoms with Crippen molar-refractivity contribution in [1.82, 2.24) is 0 Å². The molecule has 0 fully saturated rings. The van der Waals surface area contributed by atoms with Crippen molar-refractivity contribution in [3.05, 3.63) is 34.4 Å². The lowest BCUT2D eigenvalue weighted by Gasteiger charge is -1.82. The second-order valence-electron chi connectivity index (χ2n) is 1.63. The van der Waals surface area contributed by atoms with Gasteiger partial charge in [-0.05, 0) is 18.6 Å². The van der Waals surface area contributed by atoms with Gasteiger partial charge >= 0.3 is 5.63 Å².